The van der Waals surface area contributed by atoms with E-state index in [4.69, 9.17) is 4.98 Å². The topological polar surface area (TPSA) is 92.7 Å². The molecule has 0 aliphatic heterocycles. The van der Waals surface area contributed by atoms with Gasteiger partial charge in [0, 0.05) is 17.2 Å². The summed E-state index contributed by atoms with van der Waals surface area (Å²) < 4.78 is 1.52. The number of thiophene rings is 1. The van der Waals surface area contributed by atoms with Crippen LogP contribution in [-0.2, 0) is 18.3 Å². The van der Waals surface area contributed by atoms with Crippen LogP contribution in [0.5, 0.6) is 0 Å². The number of carbonyl (C=O) groups excluding carboxylic acids is 1. The minimum atomic E-state index is -0.250. The fourth-order valence-electron chi connectivity index (χ4n) is 4.18. The number of aromatic nitrogens is 4. The standard InChI is InChI=1S/C26H27N5O2S/c1-26(2,3)17-12-10-16(11-13-17)23(32)28-22-15-20(21-9-6-14-34-21)30-31(22)25-27-19-8-5-4-7-18(19)24(33)29-25/h6,9-15H,4-5,7-8H2,1-3H3,(H,28,32)(H,27,29,33). The zero-order valence-corrected chi connectivity index (χ0v) is 20.3. The van der Waals surface area contributed by atoms with E-state index < -0.39 is 0 Å². The van der Waals surface area contributed by atoms with E-state index in [1.54, 1.807) is 11.3 Å². The Bertz CT molecular complexity index is 1390. The second-order valence-electron chi connectivity index (χ2n) is 9.61. The first-order valence-electron chi connectivity index (χ1n) is 11.5. The van der Waals surface area contributed by atoms with Crippen molar-refractivity contribution in [1.29, 1.82) is 0 Å². The lowest BCUT2D eigenvalue weighted by Crippen LogP contribution is -2.24. The summed E-state index contributed by atoms with van der Waals surface area (Å²) in [4.78, 5) is 34.4. The average molecular weight is 474 g/mol. The molecule has 0 atom stereocenters. The van der Waals surface area contributed by atoms with Crippen molar-refractivity contribution in [3.05, 3.63) is 80.6 Å². The lowest BCUT2D eigenvalue weighted by Gasteiger charge is -2.19. The molecule has 0 saturated heterocycles. The van der Waals surface area contributed by atoms with Crippen molar-refractivity contribution in [3.63, 3.8) is 0 Å². The van der Waals surface area contributed by atoms with Gasteiger partial charge in [-0.15, -0.1) is 11.3 Å². The summed E-state index contributed by atoms with van der Waals surface area (Å²) in [6.45, 7) is 6.41. The van der Waals surface area contributed by atoms with Gasteiger partial charge in [0.05, 0.1) is 10.6 Å². The summed E-state index contributed by atoms with van der Waals surface area (Å²) in [7, 11) is 0. The number of hydrogen-bond acceptors (Lipinski definition) is 5. The second kappa shape index (κ2) is 8.68. The Morgan fingerprint density at radius 3 is 2.59 bits per heavy atom. The molecule has 3 heterocycles. The Hall–Kier alpha value is -3.52. The van der Waals surface area contributed by atoms with Crippen molar-refractivity contribution >= 4 is 23.1 Å². The summed E-state index contributed by atoms with van der Waals surface area (Å²) in [6.07, 6.45) is 3.52. The number of hydrogen-bond donors (Lipinski definition) is 2. The maximum atomic E-state index is 13.1. The van der Waals surface area contributed by atoms with E-state index in [2.05, 4.69) is 36.2 Å². The first kappa shape index (κ1) is 22.3. The van der Waals surface area contributed by atoms with Gasteiger partial charge >= 0.3 is 0 Å². The van der Waals surface area contributed by atoms with Crippen LogP contribution in [0.15, 0.2) is 52.6 Å². The molecule has 0 bridgehead atoms. The van der Waals surface area contributed by atoms with Crippen LogP contribution in [0.3, 0.4) is 0 Å². The maximum absolute atomic E-state index is 13.1. The van der Waals surface area contributed by atoms with Crippen LogP contribution < -0.4 is 10.9 Å². The van der Waals surface area contributed by atoms with E-state index >= 15 is 0 Å². The van der Waals surface area contributed by atoms with Crippen molar-refractivity contribution in [2.24, 2.45) is 0 Å². The number of amides is 1. The van der Waals surface area contributed by atoms with Gasteiger partial charge in [0.15, 0.2) is 0 Å². The Kier molecular flexibility index (Phi) is 5.69. The number of anilines is 1. The molecule has 4 aromatic rings. The lowest BCUT2D eigenvalue weighted by atomic mass is 9.87. The zero-order valence-electron chi connectivity index (χ0n) is 19.5. The van der Waals surface area contributed by atoms with Crippen LogP contribution in [-0.4, -0.2) is 25.7 Å². The third-order valence-electron chi connectivity index (χ3n) is 6.12. The van der Waals surface area contributed by atoms with Gasteiger partial charge in [0.25, 0.3) is 11.5 Å². The van der Waals surface area contributed by atoms with Crippen LogP contribution in [0.4, 0.5) is 5.82 Å². The minimum Gasteiger partial charge on any atom is -0.306 e. The van der Waals surface area contributed by atoms with Gasteiger partial charge in [0.1, 0.15) is 11.5 Å². The highest BCUT2D eigenvalue weighted by Gasteiger charge is 2.21. The molecule has 0 unspecified atom stereocenters. The van der Waals surface area contributed by atoms with Crippen molar-refractivity contribution in [1.82, 2.24) is 19.7 Å². The molecular weight excluding hydrogens is 446 g/mol. The molecule has 2 N–H and O–H groups in total. The molecule has 1 aliphatic rings. The molecule has 7 nitrogen and oxygen atoms in total. The Labute approximate surface area is 201 Å². The number of benzene rings is 1. The smallest absolute Gasteiger partial charge is 0.256 e. The molecule has 0 saturated carbocycles. The molecule has 0 radical (unpaired) electrons. The summed E-state index contributed by atoms with van der Waals surface area (Å²) in [5.74, 6) is 0.513. The first-order valence-corrected chi connectivity index (χ1v) is 12.4. The molecule has 8 heteroatoms. The third kappa shape index (κ3) is 4.33. The molecule has 0 fully saturated rings. The molecule has 5 rings (SSSR count). The molecular formula is C26H27N5O2S. The van der Waals surface area contributed by atoms with E-state index in [0.29, 0.717) is 23.0 Å². The maximum Gasteiger partial charge on any atom is 0.256 e. The van der Waals surface area contributed by atoms with E-state index in [1.165, 1.54) is 4.68 Å². The van der Waals surface area contributed by atoms with Crippen LogP contribution >= 0.6 is 11.3 Å². The van der Waals surface area contributed by atoms with Crippen molar-refractivity contribution < 1.29 is 4.79 Å². The molecule has 34 heavy (non-hydrogen) atoms. The number of fused-ring (bicyclic) bond motifs is 1. The number of aryl methyl sites for hydroxylation is 1. The minimum absolute atomic E-state index is 0.00717. The van der Waals surface area contributed by atoms with E-state index in [-0.39, 0.29) is 16.9 Å². The highest BCUT2D eigenvalue weighted by atomic mass is 32.1. The summed E-state index contributed by atoms with van der Waals surface area (Å²) in [5, 5.41) is 9.63. The van der Waals surface area contributed by atoms with Crippen molar-refractivity contribution in [2.45, 2.75) is 51.9 Å². The molecule has 1 amide bonds. The van der Waals surface area contributed by atoms with Gasteiger partial charge in [-0.3, -0.25) is 14.6 Å². The van der Waals surface area contributed by atoms with Gasteiger partial charge in [-0.25, -0.2) is 4.98 Å². The van der Waals surface area contributed by atoms with Gasteiger partial charge in [-0.05, 0) is 60.2 Å². The number of aromatic amines is 1. The van der Waals surface area contributed by atoms with Gasteiger partial charge in [0.2, 0.25) is 5.95 Å². The van der Waals surface area contributed by atoms with Crippen LogP contribution in [0.1, 0.15) is 60.8 Å². The largest absolute Gasteiger partial charge is 0.306 e. The normalized spacial score (nSPS) is 13.5. The molecule has 3 aromatic heterocycles. The van der Waals surface area contributed by atoms with E-state index in [0.717, 1.165) is 47.4 Å². The Morgan fingerprint density at radius 1 is 1.12 bits per heavy atom. The molecule has 1 aromatic carbocycles. The van der Waals surface area contributed by atoms with Crippen molar-refractivity contribution in [3.8, 4) is 16.5 Å². The molecule has 174 valence electrons. The van der Waals surface area contributed by atoms with Crippen LogP contribution in [0.2, 0.25) is 0 Å². The molecule has 0 spiro atoms. The Balaban J connectivity index is 1.53. The SMILES string of the molecule is CC(C)(C)c1ccc(C(=O)Nc2cc(-c3cccs3)nn2-c2nc3c(c(=O)[nH]2)CCCC3)cc1. The van der Waals surface area contributed by atoms with Crippen LogP contribution in [0, 0.1) is 0 Å². The number of nitrogens with one attached hydrogen (secondary N) is 2. The first-order chi connectivity index (χ1) is 16.3. The quantitative estimate of drug-likeness (QED) is 0.431. The Morgan fingerprint density at radius 2 is 1.88 bits per heavy atom. The predicted octanol–water partition coefficient (Wildman–Crippen LogP) is 5.11. The van der Waals surface area contributed by atoms with Gasteiger partial charge in [-0.1, -0.05) is 39.0 Å². The second-order valence-corrected chi connectivity index (χ2v) is 10.6. The highest BCUT2D eigenvalue weighted by molar-refractivity contribution is 7.13. The van der Waals surface area contributed by atoms with E-state index in [9.17, 15) is 9.59 Å². The average Bonchev–Trinajstić information content (AvgIpc) is 3.49. The fourth-order valence-corrected chi connectivity index (χ4v) is 4.86. The molecule has 1 aliphatic carbocycles. The number of nitrogens with zero attached hydrogens (tertiary/aromatic N) is 3. The zero-order chi connectivity index (χ0) is 23.9. The van der Waals surface area contributed by atoms with E-state index in [1.807, 2.05) is 47.8 Å². The number of rotatable bonds is 4. The third-order valence-corrected chi connectivity index (χ3v) is 7.01. The number of H-pyrrole nitrogens is 1. The van der Waals surface area contributed by atoms with Crippen LogP contribution in [0.25, 0.3) is 16.5 Å². The summed E-state index contributed by atoms with van der Waals surface area (Å²) >= 11 is 1.56. The monoisotopic (exact) mass is 473 g/mol. The highest BCUT2D eigenvalue weighted by Crippen LogP contribution is 2.28. The number of carbonyl (C=O) groups is 1. The lowest BCUT2D eigenvalue weighted by molar-refractivity contribution is 0.102. The summed E-state index contributed by atoms with van der Waals surface area (Å²) in [6, 6.07) is 13.3. The van der Waals surface area contributed by atoms with Crippen molar-refractivity contribution in [2.75, 3.05) is 5.32 Å². The fraction of sp³-hybridized carbons (Fsp3) is 0.308. The van der Waals surface area contributed by atoms with Gasteiger partial charge in [-0.2, -0.15) is 9.78 Å². The summed E-state index contributed by atoms with van der Waals surface area (Å²) in [5.41, 5.74) is 3.85. The predicted molar refractivity (Wildman–Crippen MR) is 135 cm³/mol. The van der Waals surface area contributed by atoms with Gasteiger partial charge < -0.3 is 5.32 Å².